The maximum absolute atomic E-state index is 12.8. The maximum atomic E-state index is 12.8. The zero-order valence-corrected chi connectivity index (χ0v) is 14.4. The van der Waals surface area contributed by atoms with E-state index in [4.69, 9.17) is 23.5 Å². The van der Waals surface area contributed by atoms with Crippen LogP contribution in [0.2, 0.25) is 0 Å². The van der Waals surface area contributed by atoms with Gasteiger partial charge in [0.25, 0.3) is 0 Å². The molecule has 26 heavy (non-hydrogen) atoms. The Bertz CT molecular complexity index is 1090. The topological polar surface area (TPSA) is 105 Å². The van der Waals surface area contributed by atoms with Gasteiger partial charge in [0.15, 0.2) is 6.08 Å². The monoisotopic (exact) mass is 378 g/mol. The van der Waals surface area contributed by atoms with Crippen LogP contribution < -0.4 is 10.5 Å². The average Bonchev–Trinajstić information content (AvgIpc) is 2.92. The molecule has 3 rings (SSSR count). The van der Waals surface area contributed by atoms with Gasteiger partial charge in [-0.1, -0.05) is 42.5 Å². The second kappa shape index (κ2) is 7.09. The zero-order chi connectivity index (χ0) is 21.4. The van der Waals surface area contributed by atoms with Gasteiger partial charge in [-0.25, -0.2) is 0 Å². The Kier molecular flexibility index (Phi) is 3.87. The van der Waals surface area contributed by atoms with E-state index in [0.29, 0.717) is 5.75 Å². The van der Waals surface area contributed by atoms with Crippen molar-refractivity contribution >= 4 is 15.9 Å². The first-order valence-corrected chi connectivity index (χ1v) is 8.81. The van der Waals surface area contributed by atoms with Crippen molar-refractivity contribution in [2.24, 2.45) is 5.73 Å². The number of carbonyl (C=O) groups excluding carboxylic acids is 1. The molecule has 1 heterocycles. The molecular formula is C18H17NO6S. The Morgan fingerprint density at radius 1 is 1.23 bits per heavy atom. The Labute approximate surface area is 155 Å². The first-order chi connectivity index (χ1) is 13.5. The predicted molar refractivity (Wildman–Crippen MR) is 93.2 cm³/mol. The summed E-state index contributed by atoms with van der Waals surface area (Å²) in [5.41, 5.74) is 2.47. The molecule has 136 valence electrons. The van der Waals surface area contributed by atoms with Gasteiger partial charge in [-0.05, 0) is 17.7 Å². The lowest BCUT2D eigenvalue weighted by Gasteiger charge is -2.11. The van der Waals surface area contributed by atoms with Crippen LogP contribution in [0.4, 0.5) is 0 Å². The SMILES string of the molecule is [2H]C([2H])(c1ccccc1)S(=O)(=O)OC1=C(N)O[C@]([2H])(c2cccc(OC)c2)C1=O. The van der Waals surface area contributed by atoms with E-state index in [2.05, 4.69) is 0 Å². The summed E-state index contributed by atoms with van der Waals surface area (Å²) in [4.78, 5) is 12.8. The highest BCUT2D eigenvalue weighted by Crippen LogP contribution is 2.33. The number of hydrogen-bond donors (Lipinski definition) is 1. The summed E-state index contributed by atoms with van der Waals surface area (Å²) in [6.07, 6.45) is -2.40. The molecule has 0 saturated carbocycles. The summed E-state index contributed by atoms with van der Waals surface area (Å²) in [5, 5.41) is 0. The fourth-order valence-electron chi connectivity index (χ4n) is 2.23. The molecule has 0 aliphatic carbocycles. The standard InChI is InChI=1S/C18H17NO6S/c1-23-14-9-5-8-13(10-14)16-15(20)17(18(19)24-16)25-26(21,22)11-12-6-3-2-4-7-12/h2-10,16H,11,19H2,1H3/t16-/m1/s1/i11D2,16D. The van der Waals surface area contributed by atoms with E-state index in [0.717, 1.165) is 0 Å². The number of benzene rings is 2. The highest BCUT2D eigenvalue weighted by atomic mass is 32.2. The minimum atomic E-state index is -5.02. The smallest absolute Gasteiger partial charge is 0.313 e. The first kappa shape index (κ1) is 14.2. The molecule has 2 aromatic carbocycles. The fourth-order valence-corrected chi connectivity index (χ4v) is 3.08. The molecule has 7 nitrogen and oxygen atoms in total. The molecule has 0 bridgehead atoms. The van der Waals surface area contributed by atoms with Gasteiger partial charge in [0, 0.05) is 5.56 Å². The van der Waals surface area contributed by atoms with Gasteiger partial charge in [0.2, 0.25) is 17.4 Å². The largest absolute Gasteiger partial charge is 0.497 e. The molecule has 1 aliphatic rings. The minimum absolute atomic E-state index is 0.0341. The van der Waals surface area contributed by atoms with Crippen molar-refractivity contribution in [3.63, 3.8) is 0 Å². The fraction of sp³-hybridized carbons (Fsp3) is 0.167. The molecule has 2 N–H and O–H groups in total. The van der Waals surface area contributed by atoms with Gasteiger partial charge in [-0.2, -0.15) is 8.42 Å². The van der Waals surface area contributed by atoms with E-state index in [1.165, 1.54) is 49.6 Å². The maximum Gasteiger partial charge on any atom is 0.313 e. The molecule has 0 amide bonds. The minimum Gasteiger partial charge on any atom is -0.497 e. The van der Waals surface area contributed by atoms with Crippen molar-refractivity contribution in [3.05, 3.63) is 77.4 Å². The molecule has 1 atom stereocenters. The second-order valence-corrected chi connectivity index (χ2v) is 6.47. The Morgan fingerprint density at radius 3 is 2.65 bits per heavy atom. The van der Waals surface area contributed by atoms with E-state index >= 15 is 0 Å². The predicted octanol–water partition coefficient (Wildman–Crippen LogP) is 2.01. The van der Waals surface area contributed by atoms with Crippen LogP contribution in [0.15, 0.2) is 66.2 Å². The van der Waals surface area contributed by atoms with Crippen LogP contribution in [0.25, 0.3) is 0 Å². The number of hydrogen-bond acceptors (Lipinski definition) is 7. The lowest BCUT2D eigenvalue weighted by molar-refractivity contribution is -0.123. The third-order valence-electron chi connectivity index (χ3n) is 3.39. The van der Waals surface area contributed by atoms with Crippen molar-refractivity contribution in [1.82, 2.24) is 0 Å². The molecule has 0 spiro atoms. The first-order valence-electron chi connectivity index (χ1n) is 8.90. The number of ether oxygens (including phenoxy) is 2. The van der Waals surface area contributed by atoms with Crippen LogP contribution in [0.5, 0.6) is 5.75 Å². The van der Waals surface area contributed by atoms with E-state index in [9.17, 15) is 13.2 Å². The number of Topliss-reactive ketones (excluding diaryl/α,β-unsaturated/α-hetero) is 1. The highest BCUT2D eigenvalue weighted by Gasteiger charge is 2.39. The van der Waals surface area contributed by atoms with Gasteiger partial charge in [-0.15, -0.1) is 0 Å². The van der Waals surface area contributed by atoms with Crippen molar-refractivity contribution in [1.29, 1.82) is 0 Å². The Morgan fingerprint density at radius 2 is 1.96 bits per heavy atom. The molecule has 0 fully saturated rings. The molecule has 1 aliphatic heterocycles. The van der Waals surface area contributed by atoms with Crippen LogP contribution in [0.3, 0.4) is 0 Å². The number of rotatable bonds is 6. The lowest BCUT2D eigenvalue weighted by Crippen LogP contribution is -2.16. The lowest BCUT2D eigenvalue weighted by atomic mass is 10.1. The van der Waals surface area contributed by atoms with Crippen molar-refractivity contribution in [3.8, 4) is 5.75 Å². The summed E-state index contributed by atoms with van der Waals surface area (Å²) >= 11 is 0. The zero-order valence-electron chi connectivity index (χ0n) is 16.6. The van der Waals surface area contributed by atoms with Crippen molar-refractivity contribution < 1.29 is 31.0 Å². The summed E-state index contributed by atoms with van der Waals surface area (Å²) in [7, 11) is -3.63. The molecule has 0 unspecified atom stereocenters. The molecular weight excluding hydrogens is 358 g/mol. The van der Waals surface area contributed by atoms with E-state index in [1.54, 1.807) is 12.1 Å². The van der Waals surface area contributed by atoms with Crippen molar-refractivity contribution in [2.75, 3.05) is 7.11 Å². The quantitative estimate of drug-likeness (QED) is 0.767. The van der Waals surface area contributed by atoms with Crippen molar-refractivity contribution in [2.45, 2.75) is 11.8 Å². The third-order valence-corrected chi connectivity index (χ3v) is 4.26. The number of nitrogens with two attached hydrogens (primary N) is 1. The molecule has 0 aromatic heterocycles. The summed E-state index contributed by atoms with van der Waals surface area (Å²) in [6, 6.07) is 12.9. The second-order valence-electron chi connectivity index (χ2n) is 5.19. The highest BCUT2D eigenvalue weighted by molar-refractivity contribution is 7.86. The van der Waals surface area contributed by atoms with Gasteiger partial charge in [-0.3, -0.25) is 4.79 Å². The summed E-state index contributed by atoms with van der Waals surface area (Å²) in [5.74, 6) is -2.54. The number of methoxy groups -OCH3 is 1. The van der Waals surface area contributed by atoms with Crippen LogP contribution in [-0.4, -0.2) is 21.3 Å². The van der Waals surface area contributed by atoms with Gasteiger partial charge in [0.05, 0.1) is 11.2 Å². The number of ketones is 1. The van der Waals surface area contributed by atoms with E-state index < -0.39 is 39.3 Å². The van der Waals surface area contributed by atoms with Crippen LogP contribution in [-0.2, 0) is 29.5 Å². The normalized spacial score (nSPS) is 22.2. The van der Waals surface area contributed by atoms with Crippen LogP contribution in [0.1, 0.15) is 21.3 Å². The average molecular weight is 378 g/mol. The molecule has 0 saturated heterocycles. The van der Waals surface area contributed by atoms with Gasteiger partial charge >= 0.3 is 10.1 Å². The summed E-state index contributed by atoms with van der Waals surface area (Å²) < 4.78 is 64.4. The van der Waals surface area contributed by atoms with E-state index in [-0.39, 0.29) is 11.1 Å². The molecule has 0 radical (unpaired) electrons. The molecule has 2 aromatic rings. The Hall–Kier alpha value is -3.00. The number of carbonyl (C=O) groups is 1. The van der Waals surface area contributed by atoms with Gasteiger partial charge in [0.1, 0.15) is 11.5 Å². The summed E-state index contributed by atoms with van der Waals surface area (Å²) in [6.45, 7) is 0. The third kappa shape index (κ3) is 3.80. The Balaban J connectivity index is 1.94. The van der Waals surface area contributed by atoms with Crippen LogP contribution in [0, 0.1) is 0 Å². The van der Waals surface area contributed by atoms with Gasteiger partial charge < -0.3 is 19.4 Å². The molecule has 8 heteroatoms. The van der Waals surface area contributed by atoms with Crippen LogP contribution >= 0.6 is 0 Å². The van der Waals surface area contributed by atoms with E-state index in [1.807, 2.05) is 0 Å².